The highest BCUT2D eigenvalue weighted by atomic mass is 19.4. The number of fused-ring (bicyclic) bond motifs is 1. The summed E-state index contributed by atoms with van der Waals surface area (Å²) in [5.74, 6) is -2.53. The highest BCUT2D eigenvalue weighted by Crippen LogP contribution is 2.22. The van der Waals surface area contributed by atoms with Crippen LogP contribution in [0.3, 0.4) is 0 Å². The van der Waals surface area contributed by atoms with Crippen molar-refractivity contribution < 1.29 is 32.6 Å². The summed E-state index contributed by atoms with van der Waals surface area (Å²) in [7, 11) is 2.13. The lowest BCUT2D eigenvalue weighted by atomic mass is 9.98. The van der Waals surface area contributed by atoms with Crippen molar-refractivity contribution in [1.82, 2.24) is 9.80 Å². The lowest BCUT2D eigenvalue weighted by Gasteiger charge is -2.45. The van der Waals surface area contributed by atoms with Crippen LogP contribution in [0.2, 0.25) is 0 Å². The molecule has 3 rings (SSSR count). The SMILES string of the molecule is CN1CCO[C@H]2CCN(C(=O)Cc3ccccc3)C[C@@H]21.O=C(O)C(F)(F)F. The molecule has 0 spiro atoms. The highest BCUT2D eigenvalue weighted by molar-refractivity contribution is 5.79. The van der Waals surface area contributed by atoms with Gasteiger partial charge in [0, 0.05) is 19.6 Å². The number of hydrogen-bond donors (Lipinski definition) is 1. The number of benzene rings is 1. The topological polar surface area (TPSA) is 70.1 Å². The Balaban J connectivity index is 0.000000321. The van der Waals surface area contributed by atoms with Gasteiger partial charge in [0.25, 0.3) is 0 Å². The van der Waals surface area contributed by atoms with Crippen molar-refractivity contribution in [1.29, 1.82) is 0 Å². The number of ether oxygens (including phenoxy) is 1. The number of nitrogens with zero attached hydrogens (tertiary/aromatic N) is 2. The van der Waals surface area contributed by atoms with Crippen LogP contribution in [-0.2, 0) is 20.7 Å². The predicted octanol–water partition coefficient (Wildman–Crippen LogP) is 1.79. The Bertz CT molecular complexity index is 639. The van der Waals surface area contributed by atoms with Gasteiger partial charge in [-0.1, -0.05) is 30.3 Å². The lowest BCUT2D eigenvalue weighted by molar-refractivity contribution is -0.192. The first-order valence-electron chi connectivity index (χ1n) is 8.62. The maximum Gasteiger partial charge on any atom is 0.490 e. The second kappa shape index (κ2) is 9.18. The van der Waals surface area contributed by atoms with Crippen LogP contribution in [0.4, 0.5) is 13.2 Å². The molecule has 2 heterocycles. The number of carbonyl (C=O) groups is 2. The van der Waals surface area contributed by atoms with Crippen LogP contribution in [0.25, 0.3) is 0 Å². The fourth-order valence-electron chi connectivity index (χ4n) is 3.15. The number of aliphatic carboxylic acids is 1. The van der Waals surface area contributed by atoms with Crippen molar-refractivity contribution in [3.8, 4) is 0 Å². The Kier molecular flexibility index (Phi) is 7.20. The molecule has 150 valence electrons. The molecule has 27 heavy (non-hydrogen) atoms. The molecule has 2 fully saturated rings. The summed E-state index contributed by atoms with van der Waals surface area (Å²) in [4.78, 5) is 25.6. The second-order valence-electron chi connectivity index (χ2n) is 6.55. The van der Waals surface area contributed by atoms with E-state index in [9.17, 15) is 18.0 Å². The molecule has 9 heteroatoms. The van der Waals surface area contributed by atoms with Gasteiger partial charge in [-0.15, -0.1) is 0 Å². The molecule has 0 bridgehead atoms. The van der Waals surface area contributed by atoms with Crippen molar-refractivity contribution in [3.05, 3.63) is 35.9 Å². The highest BCUT2D eigenvalue weighted by Gasteiger charge is 2.38. The summed E-state index contributed by atoms with van der Waals surface area (Å²) in [5, 5.41) is 7.12. The van der Waals surface area contributed by atoms with Crippen LogP contribution >= 0.6 is 0 Å². The molecule has 2 atom stereocenters. The Morgan fingerprint density at radius 2 is 1.85 bits per heavy atom. The largest absolute Gasteiger partial charge is 0.490 e. The number of alkyl halides is 3. The van der Waals surface area contributed by atoms with Crippen LogP contribution in [0, 0.1) is 0 Å². The average molecular weight is 388 g/mol. The molecule has 2 saturated heterocycles. The van der Waals surface area contributed by atoms with Crippen LogP contribution < -0.4 is 0 Å². The van der Waals surface area contributed by atoms with Gasteiger partial charge in [0.15, 0.2) is 0 Å². The van der Waals surface area contributed by atoms with Gasteiger partial charge in [-0.05, 0) is 19.0 Å². The average Bonchev–Trinajstić information content (AvgIpc) is 2.62. The van der Waals surface area contributed by atoms with E-state index < -0.39 is 12.1 Å². The third-order valence-corrected chi connectivity index (χ3v) is 4.66. The minimum Gasteiger partial charge on any atom is -0.475 e. The van der Waals surface area contributed by atoms with E-state index in [1.165, 1.54) is 0 Å². The van der Waals surface area contributed by atoms with Crippen LogP contribution in [0.15, 0.2) is 30.3 Å². The molecule has 1 amide bonds. The van der Waals surface area contributed by atoms with E-state index in [1.807, 2.05) is 35.2 Å². The zero-order chi connectivity index (χ0) is 20.0. The third kappa shape index (κ3) is 6.21. The van der Waals surface area contributed by atoms with Gasteiger partial charge in [-0.25, -0.2) is 4.79 Å². The summed E-state index contributed by atoms with van der Waals surface area (Å²) in [6.45, 7) is 3.39. The number of halogens is 3. The number of likely N-dealkylation sites (N-methyl/N-ethyl adjacent to an activating group) is 1. The van der Waals surface area contributed by atoms with Crippen molar-refractivity contribution in [2.45, 2.75) is 31.2 Å². The number of carboxylic acids is 1. The fourth-order valence-corrected chi connectivity index (χ4v) is 3.15. The molecule has 0 saturated carbocycles. The number of carbonyl (C=O) groups excluding carboxylic acids is 1. The molecule has 0 radical (unpaired) electrons. The maximum atomic E-state index is 12.4. The standard InChI is InChI=1S/C16H22N2O2.C2HF3O2/c1-17-9-10-20-15-7-8-18(12-14(15)17)16(19)11-13-5-3-2-4-6-13;3-2(4,5)1(6)7/h2-6,14-15H,7-12H2,1H3;(H,6,7)/t14-,15-;/m0./s1. The van der Waals surface area contributed by atoms with E-state index >= 15 is 0 Å². The molecular formula is C18H23F3N2O4. The molecule has 1 aromatic carbocycles. The molecule has 1 N–H and O–H groups in total. The minimum atomic E-state index is -5.08. The third-order valence-electron chi connectivity index (χ3n) is 4.66. The predicted molar refractivity (Wildman–Crippen MR) is 91.2 cm³/mol. The first kappa shape index (κ1) is 21.2. The number of likely N-dealkylation sites (tertiary alicyclic amines) is 1. The number of hydrogen-bond acceptors (Lipinski definition) is 4. The van der Waals surface area contributed by atoms with E-state index in [0.717, 1.165) is 38.2 Å². The smallest absolute Gasteiger partial charge is 0.475 e. The lowest BCUT2D eigenvalue weighted by Crippen LogP contribution is -2.59. The van der Waals surface area contributed by atoms with Gasteiger partial charge in [0.1, 0.15) is 0 Å². The number of morpholine rings is 1. The second-order valence-corrected chi connectivity index (χ2v) is 6.55. The Morgan fingerprint density at radius 1 is 1.22 bits per heavy atom. The van der Waals surface area contributed by atoms with Crippen molar-refractivity contribution in [2.24, 2.45) is 0 Å². The van der Waals surface area contributed by atoms with Gasteiger partial charge in [-0.3, -0.25) is 9.69 Å². The molecule has 1 aromatic rings. The summed E-state index contributed by atoms with van der Waals surface area (Å²) >= 11 is 0. The number of rotatable bonds is 2. The first-order chi connectivity index (χ1) is 12.7. The van der Waals surface area contributed by atoms with E-state index in [2.05, 4.69) is 11.9 Å². The molecule has 2 aliphatic heterocycles. The van der Waals surface area contributed by atoms with E-state index in [4.69, 9.17) is 14.6 Å². The number of piperidine rings is 1. The zero-order valence-corrected chi connectivity index (χ0v) is 15.0. The molecular weight excluding hydrogens is 365 g/mol. The van der Waals surface area contributed by atoms with Crippen molar-refractivity contribution in [3.63, 3.8) is 0 Å². The Morgan fingerprint density at radius 3 is 2.44 bits per heavy atom. The van der Waals surface area contributed by atoms with E-state index in [-0.39, 0.29) is 5.91 Å². The normalized spacial score (nSPS) is 23.0. The van der Waals surface area contributed by atoms with Gasteiger partial charge >= 0.3 is 12.1 Å². The quantitative estimate of drug-likeness (QED) is 0.837. The van der Waals surface area contributed by atoms with Crippen molar-refractivity contribution >= 4 is 11.9 Å². The Labute approximate surface area is 155 Å². The summed E-state index contributed by atoms with van der Waals surface area (Å²) < 4.78 is 37.6. The van der Waals surface area contributed by atoms with Gasteiger partial charge in [0.05, 0.1) is 25.2 Å². The summed E-state index contributed by atoms with van der Waals surface area (Å²) in [6, 6.07) is 10.3. The molecule has 0 unspecified atom stereocenters. The van der Waals surface area contributed by atoms with Crippen LogP contribution in [-0.4, -0.2) is 78.4 Å². The van der Waals surface area contributed by atoms with E-state index in [0.29, 0.717) is 18.6 Å². The number of carboxylic acid groups (broad SMARTS) is 1. The molecule has 0 aromatic heterocycles. The van der Waals surface area contributed by atoms with E-state index in [1.54, 1.807) is 0 Å². The van der Waals surface area contributed by atoms with Crippen LogP contribution in [0.1, 0.15) is 12.0 Å². The zero-order valence-electron chi connectivity index (χ0n) is 15.0. The monoisotopic (exact) mass is 388 g/mol. The molecule has 6 nitrogen and oxygen atoms in total. The van der Waals surface area contributed by atoms with Crippen LogP contribution in [0.5, 0.6) is 0 Å². The number of amides is 1. The fraction of sp³-hybridized carbons (Fsp3) is 0.556. The summed E-state index contributed by atoms with van der Waals surface area (Å²) in [6.07, 6.45) is -3.33. The molecule has 0 aliphatic carbocycles. The first-order valence-corrected chi connectivity index (χ1v) is 8.62. The maximum absolute atomic E-state index is 12.4. The Hall–Kier alpha value is -2.13. The minimum absolute atomic E-state index is 0.230. The summed E-state index contributed by atoms with van der Waals surface area (Å²) in [5.41, 5.74) is 1.09. The van der Waals surface area contributed by atoms with Gasteiger partial charge in [0.2, 0.25) is 5.91 Å². The molecule has 2 aliphatic rings. The van der Waals surface area contributed by atoms with Gasteiger partial charge < -0.3 is 14.7 Å². The van der Waals surface area contributed by atoms with Crippen molar-refractivity contribution in [2.75, 3.05) is 33.3 Å². The van der Waals surface area contributed by atoms with Gasteiger partial charge in [-0.2, -0.15) is 13.2 Å².